The summed E-state index contributed by atoms with van der Waals surface area (Å²) in [6, 6.07) is 0. The molecule has 1 spiro atoms. The molecule has 0 aromatic heterocycles. The van der Waals surface area contributed by atoms with E-state index >= 15 is 0 Å². The molecule has 2 aliphatic carbocycles. The lowest BCUT2D eigenvalue weighted by atomic mass is 9.61. The van der Waals surface area contributed by atoms with E-state index in [0.717, 1.165) is 0 Å². The molecule has 2 heteroatoms. The number of carbonyl (C=O) groups is 1. The number of methoxy groups -OCH3 is 1. The third kappa shape index (κ3) is 1.79. The van der Waals surface area contributed by atoms with Crippen LogP contribution in [0.2, 0.25) is 0 Å². The van der Waals surface area contributed by atoms with Gasteiger partial charge in [-0.05, 0) is 37.0 Å². The van der Waals surface area contributed by atoms with Crippen molar-refractivity contribution in [3.63, 3.8) is 0 Å². The van der Waals surface area contributed by atoms with E-state index in [9.17, 15) is 4.79 Å². The third-order valence-corrected chi connectivity index (χ3v) is 4.62. The lowest BCUT2D eigenvalue weighted by molar-refractivity contribution is -0.155. The van der Waals surface area contributed by atoms with E-state index in [2.05, 4.69) is 6.92 Å². The Hall–Kier alpha value is -0.530. The predicted molar refractivity (Wildman–Crippen MR) is 59.4 cm³/mol. The molecule has 2 fully saturated rings. The molecule has 0 aromatic carbocycles. The van der Waals surface area contributed by atoms with Gasteiger partial charge in [0.25, 0.3) is 0 Å². The third-order valence-electron chi connectivity index (χ3n) is 4.62. The van der Waals surface area contributed by atoms with Gasteiger partial charge < -0.3 is 4.74 Å². The minimum absolute atomic E-state index is 0.0455. The Labute approximate surface area is 92.4 Å². The fourth-order valence-electron chi connectivity index (χ4n) is 3.95. The fraction of sp³-hybridized carbons (Fsp3) is 0.923. The quantitative estimate of drug-likeness (QED) is 0.621. The molecule has 2 nitrogen and oxygen atoms in total. The second kappa shape index (κ2) is 4.15. The van der Waals surface area contributed by atoms with Crippen molar-refractivity contribution >= 4 is 5.97 Å². The maximum absolute atomic E-state index is 11.9. The molecule has 0 radical (unpaired) electrons. The summed E-state index contributed by atoms with van der Waals surface area (Å²) >= 11 is 0. The van der Waals surface area contributed by atoms with Crippen molar-refractivity contribution in [3.05, 3.63) is 0 Å². The van der Waals surface area contributed by atoms with Crippen molar-refractivity contribution in [2.24, 2.45) is 17.3 Å². The maximum Gasteiger partial charge on any atom is 0.309 e. The molecule has 0 unspecified atom stereocenters. The van der Waals surface area contributed by atoms with Gasteiger partial charge in [0.1, 0.15) is 0 Å². The van der Waals surface area contributed by atoms with Crippen molar-refractivity contribution in [3.8, 4) is 0 Å². The van der Waals surface area contributed by atoms with Crippen LogP contribution < -0.4 is 0 Å². The lowest BCUT2D eigenvalue weighted by Gasteiger charge is -2.43. The van der Waals surface area contributed by atoms with Gasteiger partial charge in [0, 0.05) is 0 Å². The zero-order valence-corrected chi connectivity index (χ0v) is 9.92. The minimum Gasteiger partial charge on any atom is -0.469 e. The summed E-state index contributed by atoms with van der Waals surface area (Å²) in [6.45, 7) is 2.22. The zero-order chi connectivity index (χ0) is 10.9. The first-order chi connectivity index (χ1) is 7.19. The second-order valence-corrected chi connectivity index (χ2v) is 5.44. The predicted octanol–water partition coefficient (Wildman–Crippen LogP) is 3.16. The molecule has 0 bridgehead atoms. The highest BCUT2D eigenvalue weighted by Gasteiger charge is 2.49. The van der Waals surface area contributed by atoms with E-state index in [4.69, 9.17) is 4.74 Å². The van der Waals surface area contributed by atoms with Crippen LogP contribution in [0.25, 0.3) is 0 Å². The number of hydrogen-bond donors (Lipinski definition) is 0. The van der Waals surface area contributed by atoms with Gasteiger partial charge in [0.05, 0.1) is 13.0 Å². The summed E-state index contributed by atoms with van der Waals surface area (Å²) in [6.07, 6.45) is 8.85. The number of esters is 1. The van der Waals surface area contributed by atoms with E-state index in [-0.39, 0.29) is 11.9 Å². The normalized spacial score (nSPS) is 34.3. The van der Waals surface area contributed by atoms with Gasteiger partial charge in [-0.15, -0.1) is 0 Å². The zero-order valence-electron chi connectivity index (χ0n) is 9.92. The molecule has 15 heavy (non-hydrogen) atoms. The van der Waals surface area contributed by atoms with Crippen molar-refractivity contribution < 1.29 is 9.53 Å². The minimum atomic E-state index is 0.0455. The first-order valence-corrected chi connectivity index (χ1v) is 6.27. The van der Waals surface area contributed by atoms with E-state index in [0.29, 0.717) is 11.3 Å². The number of carbonyl (C=O) groups excluding carboxylic acids is 1. The molecule has 2 rings (SSSR count). The summed E-state index contributed by atoms with van der Waals surface area (Å²) in [4.78, 5) is 11.9. The van der Waals surface area contributed by atoms with Crippen LogP contribution in [-0.2, 0) is 9.53 Å². The van der Waals surface area contributed by atoms with Crippen molar-refractivity contribution in [2.75, 3.05) is 7.11 Å². The SMILES string of the molecule is COC(=O)[C@@H]1[C@H](C)CCCC12CCCC2. The summed E-state index contributed by atoms with van der Waals surface area (Å²) in [5.74, 6) is 0.743. The fourth-order valence-corrected chi connectivity index (χ4v) is 3.95. The highest BCUT2D eigenvalue weighted by atomic mass is 16.5. The van der Waals surface area contributed by atoms with Crippen LogP contribution in [0, 0.1) is 17.3 Å². The van der Waals surface area contributed by atoms with Crippen LogP contribution >= 0.6 is 0 Å². The summed E-state index contributed by atoms with van der Waals surface area (Å²) in [5, 5.41) is 0. The molecule has 0 heterocycles. The number of rotatable bonds is 1. The van der Waals surface area contributed by atoms with Gasteiger partial charge in [-0.25, -0.2) is 0 Å². The molecule has 0 aromatic rings. The van der Waals surface area contributed by atoms with Crippen LogP contribution in [0.15, 0.2) is 0 Å². The van der Waals surface area contributed by atoms with Crippen LogP contribution in [0.5, 0.6) is 0 Å². The Bertz CT molecular complexity index is 241. The van der Waals surface area contributed by atoms with Gasteiger partial charge in [-0.1, -0.05) is 26.2 Å². The Kier molecular flexibility index (Phi) is 3.03. The number of ether oxygens (including phenoxy) is 1. The Morgan fingerprint density at radius 2 is 1.80 bits per heavy atom. The van der Waals surface area contributed by atoms with Crippen molar-refractivity contribution in [2.45, 2.75) is 51.9 Å². The number of hydrogen-bond acceptors (Lipinski definition) is 2. The summed E-state index contributed by atoms with van der Waals surface area (Å²) in [7, 11) is 1.53. The molecule has 2 aliphatic rings. The average Bonchev–Trinajstić information content (AvgIpc) is 2.66. The molecular weight excluding hydrogens is 188 g/mol. The summed E-state index contributed by atoms with van der Waals surface area (Å²) in [5.41, 5.74) is 0.310. The topological polar surface area (TPSA) is 26.3 Å². The first-order valence-electron chi connectivity index (χ1n) is 6.27. The van der Waals surface area contributed by atoms with Gasteiger partial charge >= 0.3 is 5.97 Å². The molecule has 0 saturated heterocycles. The van der Waals surface area contributed by atoms with E-state index < -0.39 is 0 Å². The van der Waals surface area contributed by atoms with Crippen LogP contribution in [0.3, 0.4) is 0 Å². The van der Waals surface area contributed by atoms with Crippen LogP contribution in [0.1, 0.15) is 51.9 Å². The van der Waals surface area contributed by atoms with Gasteiger partial charge in [0.2, 0.25) is 0 Å². The molecule has 86 valence electrons. The molecule has 2 atom stereocenters. The van der Waals surface area contributed by atoms with E-state index in [1.807, 2.05) is 0 Å². The highest BCUT2D eigenvalue weighted by Crippen LogP contribution is 2.54. The Balaban J connectivity index is 2.22. The van der Waals surface area contributed by atoms with Gasteiger partial charge in [0.15, 0.2) is 0 Å². The van der Waals surface area contributed by atoms with E-state index in [1.165, 1.54) is 52.1 Å². The largest absolute Gasteiger partial charge is 0.469 e. The average molecular weight is 210 g/mol. The maximum atomic E-state index is 11.9. The van der Waals surface area contributed by atoms with Crippen LogP contribution in [0.4, 0.5) is 0 Å². The van der Waals surface area contributed by atoms with Gasteiger partial charge in [-0.2, -0.15) is 0 Å². The van der Waals surface area contributed by atoms with Gasteiger partial charge in [-0.3, -0.25) is 4.79 Å². The molecule has 0 aliphatic heterocycles. The van der Waals surface area contributed by atoms with Crippen molar-refractivity contribution in [1.82, 2.24) is 0 Å². The smallest absolute Gasteiger partial charge is 0.309 e. The standard InChI is InChI=1S/C13H22O2/c1-10-6-5-9-13(7-3-4-8-13)11(10)12(14)15-2/h10-11H,3-9H2,1-2H3/t10-,11+/m1/s1. The molecule has 2 saturated carbocycles. The lowest BCUT2D eigenvalue weighted by Crippen LogP contribution is -2.42. The van der Waals surface area contributed by atoms with Crippen LogP contribution in [-0.4, -0.2) is 13.1 Å². The molecular formula is C13H22O2. The summed E-state index contributed by atoms with van der Waals surface area (Å²) < 4.78 is 5.01. The van der Waals surface area contributed by atoms with E-state index in [1.54, 1.807) is 0 Å². The Morgan fingerprint density at radius 1 is 1.20 bits per heavy atom. The van der Waals surface area contributed by atoms with Crippen molar-refractivity contribution in [1.29, 1.82) is 0 Å². The molecule has 0 N–H and O–H groups in total. The second-order valence-electron chi connectivity index (χ2n) is 5.44. The monoisotopic (exact) mass is 210 g/mol. The first kappa shape index (κ1) is 11.0. The molecule has 0 amide bonds. The Morgan fingerprint density at radius 3 is 2.40 bits per heavy atom. The highest BCUT2D eigenvalue weighted by molar-refractivity contribution is 5.74.